The Bertz CT molecular complexity index is 490. The minimum absolute atomic E-state index is 0.0525. The van der Waals surface area contributed by atoms with Crippen LogP contribution in [-0.2, 0) is 0 Å². The van der Waals surface area contributed by atoms with Crippen LogP contribution in [0.1, 0.15) is 35.9 Å². The molecule has 1 aromatic heterocycles. The average molecular weight is 334 g/mol. The van der Waals surface area contributed by atoms with Crippen LogP contribution in [0.15, 0.2) is 6.08 Å². The van der Waals surface area contributed by atoms with Crippen molar-refractivity contribution in [2.24, 2.45) is 0 Å². The fourth-order valence-electron chi connectivity index (χ4n) is 1.86. The van der Waals surface area contributed by atoms with E-state index in [-0.39, 0.29) is 5.91 Å². The smallest absolute Gasteiger partial charge is 0.275 e. The number of hydrogen-bond donors (Lipinski definition) is 0. The minimum Gasteiger partial charge on any atom is -0.334 e. The summed E-state index contributed by atoms with van der Waals surface area (Å²) >= 11 is 0. The van der Waals surface area contributed by atoms with Gasteiger partial charge in [-0.1, -0.05) is 33.6 Å². The summed E-state index contributed by atoms with van der Waals surface area (Å²) in [6, 6.07) is 0. The van der Waals surface area contributed by atoms with Gasteiger partial charge in [0.1, 0.15) is 5.69 Å². The van der Waals surface area contributed by atoms with E-state index in [2.05, 4.69) is 35.1 Å². The molecule has 0 N–H and O–H groups in total. The second-order valence-corrected chi connectivity index (χ2v) is 13.0. The van der Waals surface area contributed by atoms with Gasteiger partial charge in [0.25, 0.3) is 5.91 Å². The second-order valence-electron chi connectivity index (χ2n) is 4.19. The van der Waals surface area contributed by atoms with Crippen LogP contribution >= 0.6 is 33.3 Å². The Hall–Kier alpha value is 0.0700. The third-order valence-electron chi connectivity index (χ3n) is 2.89. The molecule has 4 atom stereocenters. The Morgan fingerprint density at radius 2 is 2.37 bits per heavy atom. The fourth-order valence-corrected chi connectivity index (χ4v) is 4.72. The molecule has 104 valence electrons. The molecule has 0 spiro atoms. The van der Waals surface area contributed by atoms with Gasteiger partial charge in [-0.05, 0) is 20.5 Å². The number of carbonyl (C=O) groups excluding carboxylic acids is 1. The van der Waals surface area contributed by atoms with Gasteiger partial charge in [-0.25, -0.2) is 4.45 Å². The van der Waals surface area contributed by atoms with Gasteiger partial charge in [0.05, 0.1) is 7.45 Å². The Kier molecular flexibility index (Phi) is 5.85. The Labute approximate surface area is 120 Å². The minimum atomic E-state index is -0.552. The van der Waals surface area contributed by atoms with Gasteiger partial charge < -0.3 is 4.90 Å². The second kappa shape index (κ2) is 7.19. The first-order chi connectivity index (χ1) is 9.19. The van der Waals surface area contributed by atoms with Crippen LogP contribution in [0.25, 0.3) is 6.08 Å². The maximum Gasteiger partial charge on any atom is 0.275 e. The molecule has 0 radical (unpaired) electrons. The van der Waals surface area contributed by atoms with E-state index in [9.17, 15) is 4.79 Å². The van der Waals surface area contributed by atoms with Crippen molar-refractivity contribution >= 4 is 45.2 Å². The molecular weight excluding hydrogens is 316 g/mol. The predicted octanol–water partition coefficient (Wildman–Crippen LogP) is 2.97. The number of rotatable bonds is 5. The molecule has 4 unspecified atom stereocenters. The van der Waals surface area contributed by atoms with Crippen LogP contribution in [0.5, 0.6) is 0 Å². The fraction of sp³-hybridized carbons (Fsp3) is 0.500. The van der Waals surface area contributed by atoms with Crippen molar-refractivity contribution in [3.63, 3.8) is 0 Å². The summed E-state index contributed by atoms with van der Waals surface area (Å²) in [6.07, 6.45) is 6.01. The summed E-state index contributed by atoms with van der Waals surface area (Å²) in [4.78, 5) is 14.5. The first-order valence-corrected chi connectivity index (χ1v) is 12.7. The average Bonchev–Trinajstić information content (AvgIpc) is 2.78. The third-order valence-corrected chi connectivity index (χ3v) is 12.3. The third kappa shape index (κ3) is 3.40. The summed E-state index contributed by atoms with van der Waals surface area (Å²) in [5.41, 5.74) is 1.34. The highest BCUT2D eigenvalue weighted by Gasteiger charge is 2.27. The maximum absolute atomic E-state index is 12.6. The van der Waals surface area contributed by atoms with Crippen LogP contribution in [0.3, 0.4) is 0 Å². The van der Waals surface area contributed by atoms with Crippen molar-refractivity contribution in [1.82, 2.24) is 19.7 Å². The zero-order chi connectivity index (χ0) is 13.8. The SMILES string of the molecule is CCCCN1CC=Cc2nnn(P(P)PP)c2C1=O. The van der Waals surface area contributed by atoms with E-state index in [4.69, 9.17) is 0 Å². The van der Waals surface area contributed by atoms with Gasteiger partial charge in [-0.3, -0.25) is 4.79 Å². The van der Waals surface area contributed by atoms with Gasteiger partial charge in [-0.15, -0.1) is 14.0 Å². The lowest BCUT2D eigenvalue weighted by Gasteiger charge is -2.21. The predicted molar refractivity (Wildman–Crippen MR) is 89.9 cm³/mol. The van der Waals surface area contributed by atoms with E-state index in [0.29, 0.717) is 25.9 Å². The molecule has 0 aliphatic carbocycles. The molecule has 0 saturated carbocycles. The highest BCUT2D eigenvalue weighted by atomic mass is 32.6. The standard InChI is InChI=1S/C10H18N4OP4/c1-2-3-6-13-7-4-5-8-9(10(13)15)14(12-11-8)19(17)18-16/h4-5,18H,2-3,6-7,16-17H2,1H3. The van der Waals surface area contributed by atoms with Crippen LogP contribution in [0.2, 0.25) is 0 Å². The number of unbranched alkanes of at least 4 members (excludes halogenated alkanes) is 1. The molecule has 0 aromatic carbocycles. The number of amides is 1. The van der Waals surface area contributed by atoms with E-state index in [1.54, 1.807) is 4.45 Å². The summed E-state index contributed by atoms with van der Waals surface area (Å²) in [6.45, 7) is 3.59. The molecule has 1 amide bonds. The number of aromatic nitrogens is 3. The number of nitrogens with zero attached hydrogens (tertiary/aromatic N) is 4. The van der Waals surface area contributed by atoms with Gasteiger partial charge >= 0.3 is 0 Å². The van der Waals surface area contributed by atoms with Gasteiger partial charge in [0, 0.05) is 13.1 Å². The van der Waals surface area contributed by atoms with Crippen molar-refractivity contribution < 1.29 is 4.79 Å². The van der Waals surface area contributed by atoms with Crippen molar-refractivity contribution in [2.75, 3.05) is 13.1 Å². The molecule has 0 saturated heterocycles. The van der Waals surface area contributed by atoms with E-state index in [0.717, 1.165) is 19.4 Å². The zero-order valence-electron chi connectivity index (χ0n) is 10.8. The van der Waals surface area contributed by atoms with Crippen LogP contribution < -0.4 is 0 Å². The largest absolute Gasteiger partial charge is 0.334 e. The van der Waals surface area contributed by atoms with Crippen molar-refractivity contribution in [1.29, 1.82) is 0 Å². The molecule has 2 rings (SSSR count). The van der Waals surface area contributed by atoms with Crippen LogP contribution in [-0.4, -0.2) is 38.7 Å². The van der Waals surface area contributed by atoms with Gasteiger partial charge in [0.15, 0.2) is 5.69 Å². The lowest BCUT2D eigenvalue weighted by molar-refractivity contribution is 0.0766. The molecule has 1 aliphatic heterocycles. The summed E-state index contributed by atoms with van der Waals surface area (Å²) in [7, 11) is 5.58. The number of hydrogen-bond acceptors (Lipinski definition) is 3. The van der Waals surface area contributed by atoms with Crippen molar-refractivity contribution in [3.8, 4) is 0 Å². The molecular formula is C10H18N4OP4. The molecule has 0 fully saturated rings. The number of carbonyl (C=O) groups is 1. The lowest BCUT2D eigenvalue weighted by Crippen LogP contribution is -2.32. The van der Waals surface area contributed by atoms with Crippen LogP contribution in [0.4, 0.5) is 0 Å². The molecule has 1 aliphatic rings. The van der Waals surface area contributed by atoms with E-state index in [1.807, 2.05) is 17.1 Å². The quantitative estimate of drug-likeness (QED) is 0.778. The van der Waals surface area contributed by atoms with Crippen molar-refractivity contribution in [2.45, 2.75) is 19.8 Å². The Morgan fingerprint density at radius 3 is 3.05 bits per heavy atom. The molecule has 0 bridgehead atoms. The van der Waals surface area contributed by atoms with Gasteiger partial charge in [-0.2, -0.15) is 0 Å². The molecule has 19 heavy (non-hydrogen) atoms. The Balaban J connectivity index is 2.32. The molecule has 1 aromatic rings. The summed E-state index contributed by atoms with van der Waals surface area (Å²) in [5.74, 6) is 0.0525. The first kappa shape index (κ1) is 15.5. The highest BCUT2D eigenvalue weighted by molar-refractivity contribution is 8.60. The normalized spacial score (nSPS) is 17.0. The van der Waals surface area contributed by atoms with E-state index < -0.39 is 7.45 Å². The topological polar surface area (TPSA) is 51.0 Å². The van der Waals surface area contributed by atoms with Gasteiger partial charge in [0.2, 0.25) is 0 Å². The summed E-state index contributed by atoms with van der Waals surface area (Å²) in [5, 5.41) is 8.27. The highest BCUT2D eigenvalue weighted by Crippen LogP contribution is 2.66. The lowest BCUT2D eigenvalue weighted by atomic mass is 10.3. The zero-order valence-corrected chi connectivity index (χ0v) is 15.0. The molecule has 2 heterocycles. The van der Waals surface area contributed by atoms with E-state index >= 15 is 0 Å². The van der Waals surface area contributed by atoms with E-state index in [1.165, 1.54) is 0 Å². The van der Waals surface area contributed by atoms with Crippen molar-refractivity contribution in [3.05, 3.63) is 17.5 Å². The van der Waals surface area contributed by atoms with Crippen LogP contribution in [0, 0.1) is 0 Å². The summed E-state index contributed by atoms with van der Waals surface area (Å²) < 4.78 is 1.79. The Morgan fingerprint density at radius 1 is 1.58 bits per heavy atom. The maximum atomic E-state index is 12.6. The number of fused-ring (bicyclic) bond motifs is 1. The first-order valence-electron chi connectivity index (χ1n) is 6.12. The molecule has 5 nitrogen and oxygen atoms in total. The molecule has 9 heteroatoms. The monoisotopic (exact) mass is 334 g/mol.